The van der Waals surface area contributed by atoms with E-state index in [1.165, 1.54) is 12.3 Å². The van der Waals surface area contributed by atoms with Gasteiger partial charge in [-0.3, -0.25) is 9.98 Å². The van der Waals surface area contributed by atoms with Gasteiger partial charge in [-0.2, -0.15) is 0 Å². The molecule has 0 aliphatic heterocycles. The van der Waals surface area contributed by atoms with E-state index in [2.05, 4.69) is 25.2 Å². The number of rotatable bonds is 7. The smallest absolute Gasteiger partial charge is 0.191 e. The van der Waals surface area contributed by atoms with Crippen LogP contribution in [0.1, 0.15) is 5.56 Å². The first-order valence-corrected chi connectivity index (χ1v) is 8.66. The van der Waals surface area contributed by atoms with Gasteiger partial charge in [-0.25, -0.2) is 4.39 Å². The minimum absolute atomic E-state index is 0. The van der Waals surface area contributed by atoms with E-state index < -0.39 is 5.82 Å². The van der Waals surface area contributed by atoms with Gasteiger partial charge in [0.2, 0.25) is 0 Å². The molecule has 0 saturated carbocycles. The first-order chi connectivity index (χ1) is 13.2. The van der Waals surface area contributed by atoms with Gasteiger partial charge in [-0.15, -0.1) is 24.0 Å². The fraction of sp³-hybridized carbons (Fsp3) is 0.200. The molecular weight excluding hydrogens is 472 g/mol. The molecule has 3 rings (SSSR count). The van der Waals surface area contributed by atoms with Crippen LogP contribution < -0.4 is 15.4 Å². The van der Waals surface area contributed by atoms with Crippen molar-refractivity contribution in [3.63, 3.8) is 0 Å². The van der Waals surface area contributed by atoms with Crippen LogP contribution in [0.15, 0.2) is 72.2 Å². The van der Waals surface area contributed by atoms with Gasteiger partial charge >= 0.3 is 0 Å². The highest BCUT2D eigenvalue weighted by atomic mass is 127. The average molecular weight is 495 g/mol. The van der Waals surface area contributed by atoms with Crippen LogP contribution in [-0.2, 0) is 13.1 Å². The molecule has 2 aromatic heterocycles. The summed E-state index contributed by atoms with van der Waals surface area (Å²) >= 11 is 0. The quantitative estimate of drug-likeness (QED) is 0.298. The molecule has 6 nitrogen and oxygen atoms in total. The molecule has 0 atom stereocenters. The zero-order valence-corrected chi connectivity index (χ0v) is 17.8. The van der Waals surface area contributed by atoms with Gasteiger partial charge in [0.25, 0.3) is 0 Å². The molecule has 0 aliphatic rings. The lowest BCUT2D eigenvalue weighted by atomic mass is 10.2. The molecule has 2 heterocycles. The third-order valence-electron chi connectivity index (χ3n) is 3.87. The normalized spacial score (nSPS) is 10.9. The van der Waals surface area contributed by atoms with Gasteiger partial charge in [-0.05, 0) is 42.0 Å². The zero-order valence-electron chi connectivity index (χ0n) is 15.5. The van der Waals surface area contributed by atoms with E-state index in [0.717, 1.165) is 18.7 Å². The first kappa shape index (κ1) is 21.7. The van der Waals surface area contributed by atoms with Crippen molar-refractivity contribution in [1.82, 2.24) is 20.2 Å². The number of pyridine rings is 1. The van der Waals surface area contributed by atoms with Crippen molar-refractivity contribution in [1.29, 1.82) is 0 Å². The lowest BCUT2D eigenvalue weighted by Gasteiger charge is -2.13. The average Bonchev–Trinajstić information content (AvgIpc) is 3.21. The molecule has 3 aromatic rings. The molecule has 1 aromatic carbocycles. The summed E-state index contributed by atoms with van der Waals surface area (Å²) in [6, 6.07) is 12.3. The minimum atomic E-state index is -0.422. The summed E-state index contributed by atoms with van der Waals surface area (Å²) in [6.07, 6.45) is 7.20. The van der Waals surface area contributed by atoms with Crippen LogP contribution in [0, 0.1) is 5.82 Å². The molecule has 0 radical (unpaired) electrons. The predicted molar refractivity (Wildman–Crippen MR) is 119 cm³/mol. The van der Waals surface area contributed by atoms with Crippen LogP contribution in [0.25, 0.3) is 0 Å². The number of nitrogens with zero attached hydrogens (tertiary/aromatic N) is 3. The summed E-state index contributed by atoms with van der Waals surface area (Å²) in [5.41, 5.74) is 0.791. The Hall–Kier alpha value is -2.62. The monoisotopic (exact) mass is 495 g/mol. The molecule has 0 bridgehead atoms. The Bertz CT molecular complexity index is 872. The third kappa shape index (κ3) is 6.52. The SMILES string of the molecule is CN=C(NCCn1cccc1)NCc1ccc(Oc2cccnc2)c(F)c1.I. The summed E-state index contributed by atoms with van der Waals surface area (Å²) in [5.74, 6) is 0.905. The highest BCUT2D eigenvalue weighted by Gasteiger charge is 2.07. The second-order valence-electron chi connectivity index (χ2n) is 5.83. The number of ether oxygens (including phenoxy) is 1. The number of hydrogen-bond donors (Lipinski definition) is 2. The summed E-state index contributed by atoms with van der Waals surface area (Å²) in [5, 5.41) is 6.40. The molecule has 28 heavy (non-hydrogen) atoms. The molecule has 0 fully saturated rings. The molecule has 148 valence electrons. The number of nitrogens with one attached hydrogen (secondary N) is 2. The van der Waals surface area contributed by atoms with Crippen LogP contribution in [-0.4, -0.2) is 29.1 Å². The van der Waals surface area contributed by atoms with Crippen molar-refractivity contribution >= 4 is 29.9 Å². The Labute approximate surface area is 180 Å². The van der Waals surface area contributed by atoms with E-state index in [9.17, 15) is 4.39 Å². The lowest BCUT2D eigenvalue weighted by Crippen LogP contribution is -2.38. The number of benzene rings is 1. The molecule has 2 N–H and O–H groups in total. The highest BCUT2D eigenvalue weighted by Crippen LogP contribution is 2.24. The van der Waals surface area contributed by atoms with Gasteiger partial charge < -0.3 is 19.9 Å². The number of aliphatic imine (C=N–C) groups is 1. The summed E-state index contributed by atoms with van der Waals surface area (Å²) in [6.45, 7) is 2.02. The van der Waals surface area contributed by atoms with Crippen molar-refractivity contribution in [3.05, 3.63) is 78.6 Å². The van der Waals surface area contributed by atoms with Crippen molar-refractivity contribution in [2.75, 3.05) is 13.6 Å². The van der Waals surface area contributed by atoms with E-state index in [1.807, 2.05) is 30.6 Å². The van der Waals surface area contributed by atoms with E-state index in [-0.39, 0.29) is 29.7 Å². The maximum absolute atomic E-state index is 14.3. The maximum atomic E-state index is 14.3. The third-order valence-corrected chi connectivity index (χ3v) is 3.87. The van der Waals surface area contributed by atoms with Crippen LogP contribution >= 0.6 is 24.0 Å². The van der Waals surface area contributed by atoms with Gasteiger partial charge in [0.05, 0.1) is 6.20 Å². The molecule has 0 amide bonds. The van der Waals surface area contributed by atoms with Crippen LogP contribution in [0.3, 0.4) is 0 Å². The van der Waals surface area contributed by atoms with Crippen molar-refractivity contribution < 1.29 is 9.13 Å². The van der Waals surface area contributed by atoms with E-state index in [0.29, 0.717) is 18.3 Å². The number of guanidine groups is 1. The molecule has 0 aliphatic carbocycles. The van der Waals surface area contributed by atoms with E-state index in [1.54, 1.807) is 31.4 Å². The molecule has 0 unspecified atom stereocenters. The Balaban J connectivity index is 0.00000280. The van der Waals surface area contributed by atoms with Crippen molar-refractivity contribution in [2.45, 2.75) is 13.1 Å². The van der Waals surface area contributed by atoms with Gasteiger partial charge in [-0.1, -0.05) is 6.07 Å². The second kappa shape index (κ2) is 11.3. The molecule has 0 saturated heterocycles. The Morgan fingerprint density at radius 3 is 2.68 bits per heavy atom. The van der Waals surface area contributed by atoms with Gasteiger partial charge in [0.1, 0.15) is 5.75 Å². The van der Waals surface area contributed by atoms with E-state index in [4.69, 9.17) is 4.74 Å². The maximum Gasteiger partial charge on any atom is 0.191 e. The fourth-order valence-electron chi connectivity index (χ4n) is 2.50. The molecule has 0 spiro atoms. The largest absolute Gasteiger partial charge is 0.453 e. The van der Waals surface area contributed by atoms with Crippen molar-refractivity contribution in [2.24, 2.45) is 4.99 Å². The number of hydrogen-bond acceptors (Lipinski definition) is 3. The Morgan fingerprint density at radius 2 is 2.00 bits per heavy atom. The molecule has 8 heteroatoms. The summed E-state index contributed by atoms with van der Waals surface area (Å²) in [7, 11) is 1.70. The second-order valence-corrected chi connectivity index (χ2v) is 5.83. The topological polar surface area (TPSA) is 63.5 Å². The number of halogens is 2. The van der Waals surface area contributed by atoms with E-state index >= 15 is 0 Å². The predicted octanol–water partition coefficient (Wildman–Crippen LogP) is 3.80. The van der Waals surface area contributed by atoms with Gasteiger partial charge in [0, 0.05) is 45.3 Å². The fourth-order valence-corrected chi connectivity index (χ4v) is 2.50. The Morgan fingerprint density at radius 1 is 1.18 bits per heavy atom. The van der Waals surface area contributed by atoms with Crippen LogP contribution in [0.5, 0.6) is 11.5 Å². The van der Waals surface area contributed by atoms with Crippen molar-refractivity contribution in [3.8, 4) is 11.5 Å². The number of aromatic nitrogens is 2. The minimum Gasteiger partial charge on any atom is -0.453 e. The van der Waals surface area contributed by atoms with Gasteiger partial charge in [0.15, 0.2) is 17.5 Å². The van der Waals surface area contributed by atoms with Crippen LogP contribution in [0.4, 0.5) is 4.39 Å². The first-order valence-electron chi connectivity index (χ1n) is 8.66. The Kier molecular flexibility index (Phi) is 8.73. The standard InChI is InChI=1S/C20H22FN5O.HI/c1-22-20(24-9-12-26-10-2-3-11-26)25-14-16-6-7-19(18(21)13-16)27-17-5-4-8-23-15-17;/h2-8,10-11,13,15H,9,12,14H2,1H3,(H2,22,24,25);1H. The summed E-state index contributed by atoms with van der Waals surface area (Å²) in [4.78, 5) is 8.13. The highest BCUT2D eigenvalue weighted by molar-refractivity contribution is 14.0. The zero-order chi connectivity index (χ0) is 18.9. The summed E-state index contributed by atoms with van der Waals surface area (Å²) < 4.78 is 21.9. The molecular formula is C20H23FIN5O. The van der Waals surface area contributed by atoms with Crippen LogP contribution in [0.2, 0.25) is 0 Å². The lowest BCUT2D eigenvalue weighted by molar-refractivity contribution is 0.440.